The van der Waals surface area contributed by atoms with Crippen molar-refractivity contribution in [1.82, 2.24) is 5.32 Å². The maximum Gasteiger partial charge on any atom is 0.333 e. The largest absolute Gasteiger partial charge is 0.430 e. The summed E-state index contributed by atoms with van der Waals surface area (Å²) in [5, 5.41) is 2.45. The van der Waals surface area contributed by atoms with E-state index in [0.717, 1.165) is 12.8 Å². The van der Waals surface area contributed by atoms with Gasteiger partial charge in [-0.1, -0.05) is 19.9 Å². The van der Waals surface area contributed by atoms with Gasteiger partial charge in [0.25, 0.3) is 0 Å². The molecule has 4 heteroatoms. The topological polar surface area (TPSA) is 55.4 Å². The molecule has 0 aliphatic rings. The summed E-state index contributed by atoms with van der Waals surface area (Å²) >= 11 is 0. The standard InChI is InChI=1S/C11H19NO3/c1-5-6-7-8(2)15-11(14)9(3)12-10(4)13/h9H,2,5-7H2,1,3-4H3,(H,12,13). The van der Waals surface area contributed by atoms with Crippen LogP contribution in [0.25, 0.3) is 0 Å². The number of carbonyl (C=O) groups excluding carboxylic acids is 2. The second-order valence-corrected chi connectivity index (χ2v) is 3.49. The maximum absolute atomic E-state index is 11.4. The normalized spacial score (nSPS) is 11.7. The summed E-state index contributed by atoms with van der Waals surface area (Å²) in [4.78, 5) is 22.0. The number of esters is 1. The van der Waals surface area contributed by atoms with E-state index < -0.39 is 12.0 Å². The third-order valence-corrected chi connectivity index (χ3v) is 1.83. The molecule has 0 aromatic rings. The van der Waals surface area contributed by atoms with Crippen LogP contribution in [-0.4, -0.2) is 17.9 Å². The minimum absolute atomic E-state index is 0.251. The van der Waals surface area contributed by atoms with Gasteiger partial charge in [-0.05, 0) is 13.3 Å². The van der Waals surface area contributed by atoms with Crippen molar-refractivity contribution in [3.63, 3.8) is 0 Å². The first kappa shape index (κ1) is 13.7. The van der Waals surface area contributed by atoms with Gasteiger partial charge in [0.2, 0.25) is 5.91 Å². The van der Waals surface area contributed by atoms with Crippen LogP contribution in [0.15, 0.2) is 12.3 Å². The zero-order valence-corrected chi connectivity index (χ0v) is 9.63. The first-order chi connectivity index (χ1) is 6.97. The third-order valence-electron chi connectivity index (χ3n) is 1.83. The Morgan fingerprint density at radius 3 is 2.53 bits per heavy atom. The second kappa shape index (κ2) is 7.04. The molecule has 0 rings (SSSR count). The minimum atomic E-state index is -0.624. The lowest BCUT2D eigenvalue weighted by atomic mass is 10.2. The molecule has 0 saturated carbocycles. The Hall–Kier alpha value is -1.32. The lowest BCUT2D eigenvalue weighted by Crippen LogP contribution is -2.38. The van der Waals surface area contributed by atoms with Gasteiger partial charge in [-0.2, -0.15) is 0 Å². The molecule has 0 radical (unpaired) electrons. The number of amides is 1. The van der Waals surface area contributed by atoms with Gasteiger partial charge in [0.15, 0.2) is 0 Å². The lowest BCUT2D eigenvalue weighted by molar-refractivity contribution is -0.143. The molecule has 1 unspecified atom stereocenters. The number of hydrogen-bond donors (Lipinski definition) is 1. The summed E-state index contributed by atoms with van der Waals surface area (Å²) in [7, 11) is 0. The Morgan fingerprint density at radius 1 is 1.47 bits per heavy atom. The summed E-state index contributed by atoms with van der Waals surface area (Å²) in [6, 6.07) is -0.624. The van der Waals surface area contributed by atoms with E-state index in [4.69, 9.17) is 4.74 Å². The van der Waals surface area contributed by atoms with E-state index in [1.807, 2.05) is 0 Å². The fourth-order valence-electron chi connectivity index (χ4n) is 1.02. The molecule has 0 aliphatic heterocycles. The van der Waals surface area contributed by atoms with Crippen molar-refractivity contribution in [3.05, 3.63) is 12.3 Å². The molecule has 1 atom stereocenters. The molecule has 0 saturated heterocycles. The van der Waals surface area contributed by atoms with E-state index in [1.54, 1.807) is 6.92 Å². The number of unbranched alkanes of at least 4 members (excludes halogenated alkanes) is 1. The molecule has 0 aromatic heterocycles. The van der Waals surface area contributed by atoms with Crippen molar-refractivity contribution >= 4 is 11.9 Å². The summed E-state index contributed by atoms with van der Waals surface area (Å²) < 4.78 is 4.97. The van der Waals surface area contributed by atoms with Crippen LogP contribution in [0.5, 0.6) is 0 Å². The molecule has 4 nitrogen and oxygen atoms in total. The van der Waals surface area contributed by atoms with E-state index in [-0.39, 0.29) is 5.91 Å². The van der Waals surface area contributed by atoms with E-state index >= 15 is 0 Å². The second-order valence-electron chi connectivity index (χ2n) is 3.49. The highest BCUT2D eigenvalue weighted by Crippen LogP contribution is 2.07. The average Bonchev–Trinajstić information content (AvgIpc) is 2.13. The molecular formula is C11H19NO3. The fraction of sp³-hybridized carbons (Fsp3) is 0.636. The van der Waals surface area contributed by atoms with Crippen LogP contribution < -0.4 is 5.32 Å². The van der Waals surface area contributed by atoms with Crippen molar-refractivity contribution in [1.29, 1.82) is 0 Å². The van der Waals surface area contributed by atoms with Gasteiger partial charge in [0.1, 0.15) is 11.8 Å². The SMILES string of the molecule is C=C(CCCC)OC(=O)C(C)NC(C)=O. The fourth-order valence-corrected chi connectivity index (χ4v) is 1.02. The Kier molecular flexibility index (Phi) is 6.42. The number of allylic oxidation sites excluding steroid dienone is 1. The highest BCUT2D eigenvalue weighted by Gasteiger charge is 2.15. The van der Waals surface area contributed by atoms with Gasteiger partial charge in [0.05, 0.1) is 0 Å². The zero-order valence-electron chi connectivity index (χ0n) is 9.63. The first-order valence-electron chi connectivity index (χ1n) is 5.14. The van der Waals surface area contributed by atoms with E-state index in [2.05, 4.69) is 18.8 Å². The molecule has 0 fully saturated rings. The van der Waals surface area contributed by atoms with Gasteiger partial charge in [-0.25, -0.2) is 4.79 Å². The lowest BCUT2D eigenvalue weighted by Gasteiger charge is -2.12. The summed E-state index contributed by atoms with van der Waals surface area (Å²) in [6.07, 6.45) is 2.65. The monoisotopic (exact) mass is 213 g/mol. The van der Waals surface area contributed by atoms with Crippen LogP contribution in [0.4, 0.5) is 0 Å². The highest BCUT2D eigenvalue weighted by atomic mass is 16.5. The Bertz CT molecular complexity index is 248. The number of carbonyl (C=O) groups is 2. The molecule has 15 heavy (non-hydrogen) atoms. The summed E-state index contributed by atoms with van der Waals surface area (Å²) in [5.74, 6) is -0.260. The van der Waals surface area contributed by atoms with E-state index in [0.29, 0.717) is 12.2 Å². The van der Waals surface area contributed by atoms with Crippen molar-refractivity contribution in [2.24, 2.45) is 0 Å². The van der Waals surface area contributed by atoms with Gasteiger partial charge in [0, 0.05) is 13.3 Å². The molecule has 1 N–H and O–H groups in total. The predicted molar refractivity (Wildman–Crippen MR) is 58.0 cm³/mol. The van der Waals surface area contributed by atoms with Gasteiger partial charge in [-0.3, -0.25) is 4.79 Å². The van der Waals surface area contributed by atoms with Crippen LogP contribution in [0.1, 0.15) is 40.0 Å². The third kappa shape index (κ3) is 6.71. The molecule has 0 bridgehead atoms. The van der Waals surface area contributed by atoms with Crippen LogP contribution >= 0.6 is 0 Å². The van der Waals surface area contributed by atoms with E-state index in [1.165, 1.54) is 6.92 Å². The smallest absolute Gasteiger partial charge is 0.333 e. The molecular weight excluding hydrogens is 194 g/mol. The van der Waals surface area contributed by atoms with E-state index in [9.17, 15) is 9.59 Å². The molecule has 1 amide bonds. The Balaban J connectivity index is 3.90. The van der Waals surface area contributed by atoms with Gasteiger partial charge >= 0.3 is 5.97 Å². The van der Waals surface area contributed by atoms with Crippen LogP contribution in [0, 0.1) is 0 Å². The van der Waals surface area contributed by atoms with Crippen molar-refractivity contribution < 1.29 is 14.3 Å². The predicted octanol–water partition coefficient (Wildman–Crippen LogP) is 1.76. The molecule has 0 aliphatic carbocycles. The quantitative estimate of drug-likeness (QED) is 0.540. The molecule has 0 aromatic carbocycles. The van der Waals surface area contributed by atoms with Crippen molar-refractivity contribution in [3.8, 4) is 0 Å². The summed E-state index contributed by atoms with van der Waals surface area (Å²) in [5.41, 5.74) is 0. The number of nitrogens with one attached hydrogen (secondary N) is 1. The van der Waals surface area contributed by atoms with Gasteiger partial charge < -0.3 is 10.1 Å². The van der Waals surface area contributed by atoms with Crippen molar-refractivity contribution in [2.45, 2.75) is 46.1 Å². The molecule has 0 heterocycles. The Labute approximate surface area is 90.7 Å². The Morgan fingerprint density at radius 2 is 2.07 bits per heavy atom. The average molecular weight is 213 g/mol. The van der Waals surface area contributed by atoms with Gasteiger partial charge in [-0.15, -0.1) is 0 Å². The first-order valence-corrected chi connectivity index (χ1v) is 5.14. The highest BCUT2D eigenvalue weighted by molar-refractivity contribution is 5.83. The van der Waals surface area contributed by atoms with Crippen LogP contribution in [0.3, 0.4) is 0 Å². The van der Waals surface area contributed by atoms with Crippen LogP contribution in [0.2, 0.25) is 0 Å². The number of ether oxygens (including phenoxy) is 1. The summed E-state index contributed by atoms with van der Waals surface area (Å²) in [6.45, 7) is 8.63. The zero-order chi connectivity index (χ0) is 11.8. The molecule has 86 valence electrons. The maximum atomic E-state index is 11.4. The number of rotatable bonds is 6. The minimum Gasteiger partial charge on any atom is -0.430 e. The number of hydrogen-bond acceptors (Lipinski definition) is 3. The molecule has 0 spiro atoms. The van der Waals surface area contributed by atoms with Crippen LogP contribution in [-0.2, 0) is 14.3 Å². The van der Waals surface area contributed by atoms with Crippen molar-refractivity contribution in [2.75, 3.05) is 0 Å².